The molecule has 30 heavy (non-hydrogen) atoms. The standard InChI is InChI=1S/C21H27FN4O3S/c1-12(2)24-10-13-9-18(29-11-13)30(23,28)26-21(27)25-20-16-7-3-5-14(16)19(22)15-6-4-8-17(15)20/h9,11-12,24H,3-8,10H2,1-2H3,(H3,23,25,26,27,28)/t30-/m1/s1. The van der Waals surface area contributed by atoms with Crippen molar-refractivity contribution in [3.63, 3.8) is 0 Å². The second-order valence-electron chi connectivity index (χ2n) is 8.23. The van der Waals surface area contributed by atoms with E-state index in [-0.39, 0.29) is 17.0 Å². The lowest BCUT2D eigenvalue weighted by atomic mass is 9.98. The van der Waals surface area contributed by atoms with Gasteiger partial charge in [0.1, 0.15) is 5.82 Å². The number of benzene rings is 1. The molecule has 4 rings (SSSR count). The van der Waals surface area contributed by atoms with Gasteiger partial charge in [-0.15, -0.1) is 0 Å². The van der Waals surface area contributed by atoms with Gasteiger partial charge >= 0.3 is 6.03 Å². The average Bonchev–Trinajstić information content (AvgIpc) is 3.43. The number of halogens is 1. The van der Waals surface area contributed by atoms with Gasteiger partial charge in [-0.1, -0.05) is 13.8 Å². The first-order chi connectivity index (χ1) is 14.3. The Morgan fingerprint density at radius 1 is 1.17 bits per heavy atom. The van der Waals surface area contributed by atoms with Crippen LogP contribution in [0.2, 0.25) is 0 Å². The van der Waals surface area contributed by atoms with E-state index in [0.29, 0.717) is 49.0 Å². The van der Waals surface area contributed by atoms with E-state index in [1.165, 1.54) is 12.3 Å². The third-order valence-corrected chi connectivity index (χ3v) is 6.93. The number of anilines is 1. The lowest BCUT2D eigenvalue weighted by Gasteiger charge is -2.17. The van der Waals surface area contributed by atoms with Crippen LogP contribution in [-0.2, 0) is 42.1 Å². The lowest BCUT2D eigenvalue weighted by molar-refractivity contribution is 0.256. The molecule has 2 aliphatic rings. The lowest BCUT2D eigenvalue weighted by Crippen LogP contribution is -2.34. The molecule has 2 aromatic rings. The van der Waals surface area contributed by atoms with Crippen LogP contribution in [0.5, 0.6) is 0 Å². The topological polar surface area (TPSA) is 107 Å². The molecule has 0 fully saturated rings. The highest BCUT2D eigenvalue weighted by Crippen LogP contribution is 2.40. The number of carbonyl (C=O) groups excluding carboxylic acids is 1. The molecule has 1 aromatic carbocycles. The van der Waals surface area contributed by atoms with Crippen LogP contribution in [0.15, 0.2) is 21.8 Å². The average molecular weight is 435 g/mol. The number of urea groups is 1. The van der Waals surface area contributed by atoms with Crippen molar-refractivity contribution in [2.45, 2.75) is 70.1 Å². The predicted molar refractivity (Wildman–Crippen MR) is 112 cm³/mol. The molecule has 0 saturated heterocycles. The molecule has 7 nitrogen and oxygen atoms in total. The maximum Gasteiger partial charge on any atom is 0.332 e. The van der Waals surface area contributed by atoms with Crippen LogP contribution in [0.1, 0.15) is 54.5 Å². The fourth-order valence-corrected chi connectivity index (χ4v) is 5.19. The van der Waals surface area contributed by atoms with Crippen molar-refractivity contribution in [1.29, 1.82) is 4.78 Å². The number of hydrogen-bond donors (Lipinski definition) is 4. The Morgan fingerprint density at radius 2 is 1.77 bits per heavy atom. The van der Waals surface area contributed by atoms with Gasteiger partial charge in [0, 0.05) is 29.9 Å². The van der Waals surface area contributed by atoms with Crippen molar-refractivity contribution in [3.05, 3.63) is 46.0 Å². The van der Waals surface area contributed by atoms with E-state index in [0.717, 1.165) is 29.5 Å². The molecule has 0 unspecified atom stereocenters. The van der Waals surface area contributed by atoms with Crippen molar-refractivity contribution in [3.8, 4) is 0 Å². The van der Waals surface area contributed by atoms with Crippen LogP contribution in [0.4, 0.5) is 14.9 Å². The van der Waals surface area contributed by atoms with E-state index in [2.05, 4.69) is 15.4 Å². The Bertz CT molecular complexity index is 1060. The van der Waals surface area contributed by atoms with Crippen LogP contribution >= 0.6 is 0 Å². The van der Waals surface area contributed by atoms with Gasteiger partial charge in [0.05, 0.1) is 6.26 Å². The monoisotopic (exact) mass is 434 g/mol. The summed E-state index contributed by atoms with van der Waals surface area (Å²) in [6.45, 7) is 4.52. The number of furan rings is 1. The molecule has 2 amide bonds. The van der Waals surface area contributed by atoms with E-state index < -0.39 is 15.9 Å². The fourth-order valence-electron chi connectivity index (χ4n) is 4.28. The molecule has 0 saturated carbocycles. The Labute approximate surface area is 175 Å². The first-order valence-electron chi connectivity index (χ1n) is 10.3. The van der Waals surface area contributed by atoms with Gasteiger partial charge in [0.2, 0.25) is 5.09 Å². The normalized spacial score (nSPS) is 16.9. The number of rotatable bonds is 6. The fraction of sp³-hybridized carbons (Fsp3) is 0.476. The summed E-state index contributed by atoms with van der Waals surface area (Å²) >= 11 is 0. The first kappa shape index (κ1) is 20.9. The SMILES string of the molecule is CC(C)NCc1coc([S@](=N)(=O)NC(=O)Nc2c3c(c(F)c4c2CCC4)CCC3)c1. The molecular weight excluding hydrogens is 407 g/mol. The van der Waals surface area contributed by atoms with Crippen molar-refractivity contribution in [2.24, 2.45) is 0 Å². The largest absolute Gasteiger partial charge is 0.452 e. The summed E-state index contributed by atoms with van der Waals surface area (Å²) in [4.78, 5) is 12.6. The highest BCUT2D eigenvalue weighted by atomic mass is 32.2. The van der Waals surface area contributed by atoms with E-state index in [4.69, 9.17) is 9.20 Å². The van der Waals surface area contributed by atoms with Crippen molar-refractivity contribution < 1.29 is 17.8 Å². The molecule has 1 heterocycles. The number of amides is 2. The highest BCUT2D eigenvalue weighted by molar-refractivity contribution is 7.91. The van der Waals surface area contributed by atoms with Crippen LogP contribution in [0.3, 0.4) is 0 Å². The van der Waals surface area contributed by atoms with E-state index >= 15 is 0 Å². The van der Waals surface area contributed by atoms with Gasteiger partial charge < -0.3 is 15.1 Å². The summed E-state index contributed by atoms with van der Waals surface area (Å²) in [7, 11) is -3.66. The molecule has 0 radical (unpaired) electrons. The Hall–Kier alpha value is -2.39. The predicted octanol–water partition coefficient (Wildman–Crippen LogP) is 4.04. The Morgan fingerprint density at radius 3 is 2.37 bits per heavy atom. The van der Waals surface area contributed by atoms with Gasteiger partial charge in [-0.3, -0.25) is 0 Å². The number of nitrogens with one attached hydrogen (secondary N) is 4. The molecular formula is C21H27FN4O3S. The van der Waals surface area contributed by atoms with E-state index in [9.17, 15) is 13.4 Å². The maximum atomic E-state index is 14.8. The summed E-state index contributed by atoms with van der Waals surface area (Å²) < 4.78 is 43.2. The third kappa shape index (κ3) is 3.96. The van der Waals surface area contributed by atoms with Gasteiger partial charge in [0.25, 0.3) is 0 Å². The zero-order valence-electron chi connectivity index (χ0n) is 17.2. The van der Waals surface area contributed by atoms with E-state index in [1.807, 2.05) is 13.8 Å². The van der Waals surface area contributed by atoms with Gasteiger partial charge in [-0.2, -0.15) is 0 Å². The Kier molecular flexibility index (Phi) is 5.59. The van der Waals surface area contributed by atoms with Crippen LogP contribution in [-0.4, -0.2) is 16.3 Å². The third-order valence-electron chi connectivity index (χ3n) is 5.67. The summed E-state index contributed by atoms with van der Waals surface area (Å²) in [6.07, 6.45) is 5.86. The molecule has 1 atom stereocenters. The zero-order chi connectivity index (χ0) is 21.5. The first-order valence-corrected chi connectivity index (χ1v) is 11.9. The molecule has 2 aliphatic carbocycles. The van der Waals surface area contributed by atoms with Crippen molar-refractivity contribution >= 4 is 21.6 Å². The van der Waals surface area contributed by atoms with Crippen molar-refractivity contribution in [1.82, 2.24) is 10.0 Å². The molecule has 0 aliphatic heterocycles. The quantitative estimate of drug-likeness (QED) is 0.550. The zero-order valence-corrected chi connectivity index (χ0v) is 18.0. The van der Waals surface area contributed by atoms with Crippen LogP contribution < -0.4 is 15.4 Å². The van der Waals surface area contributed by atoms with Crippen LogP contribution in [0, 0.1) is 10.6 Å². The smallest absolute Gasteiger partial charge is 0.332 e. The highest BCUT2D eigenvalue weighted by Gasteiger charge is 2.30. The molecule has 0 spiro atoms. The summed E-state index contributed by atoms with van der Waals surface area (Å²) in [5, 5.41) is 5.88. The van der Waals surface area contributed by atoms with Crippen molar-refractivity contribution in [2.75, 3.05) is 5.32 Å². The maximum absolute atomic E-state index is 14.8. The van der Waals surface area contributed by atoms with Crippen LogP contribution in [0.25, 0.3) is 0 Å². The van der Waals surface area contributed by atoms with Gasteiger partial charge in [-0.25, -0.2) is 22.9 Å². The van der Waals surface area contributed by atoms with Gasteiger partial charge in [0.15, 0.2) is 9.92 Å². The van der Waals surface area contributed by atoms with E-state index in [1.54, 1.807) is 0 Å². The molecule has 0 bridgehead atoms. The summed E-state index contributed by atoms with van der Waals surface area (Å²) in [5.74, 6) is -0.122. The molecule has 162 valence electrons. The van der Waals surface area contributed by atoms with Gasteiger partial charge in [-0.05, 0) is 60.8 Å². The molecule has 4 N–H and O–H groups in total. The molecule has 9 heteroatoms. The second-order valence-corrected chi connectivity index (χ2v) is 9.95. The second kappa shape index (κ2) is 8.03. The number of carbonyl (C=O) groups is 1. The summed E-state index contributed by atoms with van der Waals surface area (Å²) in [6, 6.07) is 1.04. The molecule has 1 aromatic heterocycles. The number of fused-ring (bicyclic) bond motifs is 2. The minimum Gasteiger partial charge on any atom is -0.452 e. The minimum atomic E-state index is -3.66. The Balaban J connectivity index is 1.52. The number of hydrogen-bond acceptors (Lipinski definition) is 5. The summed E-state index contributed by atoms with van der Waals surface area (Å²) in [5.41, 5.74) is 4.41. The minimum absolute atomic E-state index is 0.104.